The second kappa shape index (κ2) is 7.91. The van der Waals surface area contributed by atoms with Gasteiger partial charge in [-0.15, -0.1) is 0 Å². The van der Waals surface area contributed by atoms with Crippen molar-refractivity contribution in [2.75, 3.05) is 19.5 Å². The van der Waals surface area contributed by atoms with Gasteiger partial charge in [0.25, 0.3) is 0 Å². The van der Waals surface area contributed by atoms with E-state index >= 15 is 4.39 Å². The monoisotopic (exact) mass is 456 g/mol. The number of ether oxygens (including phenoxy) is 3. The zero-order valence-corrected chi connectivity index (χ0v) is 18.5. The largest absolute Gasteiger partial charge is 0.493 e. The highest BCUT2D eigenvalue weighted by Gasteiger charge is 2.41. The Morgan fingerprint density at radius 2 is 1.76 bits per heavy atom. The minimum Gasteiger partial charge on any atom is -0.493 e. The first kappa shape index (κ1) is 20.3. The van der Waals surface area contributed by atoms with Crippen LogP contribution in [0.15, 0.2) is 78.6 Å². The van der Waals surface area contributed by atoms with Crippen molar-refractivity contribution in [3.8, 4) is 17.2 Å². The minimum absolute atomic E-state index is 0.326. The first-order valence-corrected chi connectivity index (χ1v) is 10.8. The van der Waals surface area contributed by atoms with Crippen LogP contribution in [0.2, 0.25) is 0 Å². The van der Waals surface area contributed by atoms with Crippen molar-refractivity contribution in [2.24, 2.45) is 0 Å². The van der Waals surface area contributed by atoms with E-state index in [2.05, 4.69) is 15.4 Å². The van der Waals surface area contributed by atoms with Crippen LogP contribution < -0.4 is 19.5 Å². The van der Waals surface area contributed by atoms with Gasteiger partial charge in [0.05, 0.1) is 19.9 Å². The molecule has 2 aliphatic rings. The average Bonchev–Trinajstić information content (AvgIpc) is 3.35. The molecule has 0 fully saturated rings. The number of nitrogens with one attached hydrogen (secondary N) is 1. The molecule has 4 aromatic rings. The van der Waals surface area contributed by atoms with E-state index in [0.717, 1.165) is 22.4 Å². The van der Waals surface area contributed by atoms with E-state index in [0.29, 0.717) is 28.8 Å². The normalized spacial score (nSPS) is 18.2. The van der Waals surface area contributed by atoms with E-state index in [1.807, 2.05) is 48.5 Å². The number of hydrogen-bond acceptors (Lipinski definition) is 6. The van der Waals surface area contributed by atoms with Gasteiger partial charge in [0.15, 0.2) is 11.5 Å². The number of hydrogen-bond donors (Lipinski definition) is 1. The molecule has 8 heteroatoms. The Hall–Kier alpha value is -4.33. The van der Waals surface area contributed by atoms with Crippen molar-refractivity contribution in [1.82, 2.24) is 14.8 Å². The predicted octanol–water partition coefficient (Wildman–Crippen LogP) is 4.99. The molecular weight excluding hydrogens is 435 g/mol. The third-order valence-corrected chi connectivity index (χ3v) is 6.23. The Kier molecular flexibility index (Phi) is 4.72. The van der Waals surface area contributed by atoms with Crippen molar-refractivity contribution < 1.29 is 18.6 Å². The van der Waals surface area contributed by atoms with Crippen LogP contribution in [0.3, 0.4) is 0 Å². The number of anilines is 1. The first-order chi connectivity index (χ1) is 16.7. The molecule has 0 radical (unpaired) electrons. The van der Waals surface area contributed by atoms with Gasteiger partial charge in [-0.2, -0.15) is 10.1 Å². The van der Waals surface area contributed by atoms with Crippen molar-refractivity contribution in [1.29, 1.82) is 0 Å². The van der Waals surface area contributed by atoms with Crippen LogP contribution >= 0.6 is 0 Å². The summed E-state index contributed by atoms with van der Waals surface area (Å²) in [5, 5.41) is 7.85. The van der Waals surface area contributed by atoms with Crippen LogP contribution in [0.4, 0.5) is 10.3 Å². The summed E-state index contributed by atoms with van der Waals surface area (Å²) in [5.41, 5.74) is 3.86. The molecule has 34 heavy (non-hydrogen) atoms. The zero-order chi connectivity index (χ0) is 23.2. The smallest absolute Gasteiger partial charge is 0.226 e. The summed E-state index contributed by atoms with van der Waals surface area (Å²) in [7, 11) is 3.19. The molecular formula is C26H21FN4O3. The van der Waals surface area contributed by atoms with Crippen LogP contribution in [-0.2, 0) is 0 Å². The molecule has 0 amide bonds. The molecule has 2 aliphatic heterocycles. The molecule has 0 spiro atoms. The van der Waals surface area contributed by atoms with E-state index in [9.17, 15) is 0 Å². The summed E-state index contributed by atoms with van der Waals surface area (Å²) in [5.74, 6) is 2.12. The maximum Gasteiger partial charge on any atom is 0.226 e. The Labute approximate surface area is 195 Å². The molecule has 3 aromatic carbocycles. The number of benzene rings is 3. The van der Waals surface area contributed by atoms with Crippen molar-refractivity contribution in [2.45, 2.75) is 12.1 Å². The molecule has 0 aliphatic carbocycles. The Bertz CT molecular complexity index is 1430. The van der Waals surface area contributed by atoms with Gasteiger partial charge in [-0.25, -0.2) is 9.07 Å². The molecule has 3 heterocycles. The topological polar surface area (TPSA) is 70.4 Å². The quantitative estimate of drug-likeness (QED) is 0.466. The van der Waals surface area contributed by atoms with Gasteiger partial charge < -0.3 is 19.5 Å². The zero-order valence-electron chi connectivity index (χ0n) is 18.5. The predicted molar refractivity (Wildman–Crippen MR) is 124 cm³/mol. The summed E-state index contributed by atoms with van der Waals surface area (Å²) >= 11 is 0. The van der Waals surface area contributed by atoms with Gasteiger partial charge in [0.2, 0.25) is 5.95 Å². The Morgan fingerprint density at radius 3 is 2.59 bits per heavy atom. The van der Waals surface area contributed by atoms with Gasteiger partial charge in [0.1, 0.15) is 30.0 Å². The maximum atomic E-state index is 15.2. The number of halogens is 1. The van der Waals surface area contributed by atoms with Crippen LogP contribution in [-0.4, -0.2) is 29.0 Å². The van der Waals surface area contributed by atoms with Gasteiger partial charge >= 0.3 is 0 Å². The standard InChI is InChI=1S/C26H21FN4O3/c1-32-20-12-11-15(13-21(20)33-2)25-22-23(17-8-4-6-10-19(17)34-25)30-26-28-14-29-31(26)24(22)16-7-3-5-9-18(16)27/h3-14,24-25H,1-2H3,(H,28,29,30)/t24-,25-/m1/s1. The van der Waals surface area contributed by atoms with E-state index in [-0.39, 0.29) is 5.82 Å². The number of nitrogens with zero attached hydrogens (tertiary/aromatic N) is 3. The lowest BCUT2D eigenvalue weighted by Crippen LogP contribution is -2.32. The highest BCUT2D eigenvalue weighted by molar-refractivity contribution is 5.85. The number of rotatable bonds is 4. The fourth-order valence-electron chi connectivity index (χ4n) is 4.70. The average molecular weight is 456 g/mol. The van der Waals surface area contributed by atoms with Gasteiger partial charge in [0, 0.05) is 22.3 Å². The summed E-state index contributed by atoms with van der Waals surface area (Å²) in [6.07, 6.45) is 0.923. The van der Waals surface area contributed by atoms with Gasteiger partial charge in [-0.05, 0) is 30.3 Å². The summed E-state index contributed by atoms with van der Waals surface area (Å²) in [6, 6.07) is 19.6. The first-order valence-electron chi connectivity index (χ1n) is 10.8. The molecule has 6 rings (SSSR count). The Balaban J connectivity index is 1.62. The number of methoxy groups -OCH3 is 2. The molecule has 2 atom stereocenters. The SMILES string of the molecule is COc1ccc([C@H]2Oc3ccccc3C3=C2[C@@H](c2ccccc2F)n2ncnc2N3)cc1OC. The third-order valence-electron chi connectivity index (χ3n) is 6.23. The highest BCUT2D eigenvalue weighted by atomic mass is 19.1. The van der Waals surface area contributed by atoms with Crippen molar-refractivity contribution in [3.05, 3.63) is 101 Å². The van der Waals surface area contributed by atoms with Crippen LogP contribution in [0, 0.1) is 5.82 Å². The molecule has 7 nitrogen and oxygen atoms in total. The fraction of sp³-hybridized carbons (Fsp3) is 0.154. The number of para-hydroxylation sites is 1. The van der Waals surface area contributed by atoms with Crippen molar-refractivity contribution >= 4 is 11.6 Å². The van der Waals surface area contributed by atoms with E-state index in [4.69, 9.17) is 14.2 Å². The van der Waals surface area contributed by atoms with Crippen molar-refractivity contribution in [3.63, 3.8) is 0 Å². The molecule has 1 N–H and O–H groups in total. The van der Waals surface area contributed by atoms with Crippen LogP contribution in [0.1, 0.15) is 28.8 Å². The molecule has 0 bridgehead atoms. The second-order valence-electron chi connectivity index (χ2n) is 8.02. The van der Waals surface area contributed by atoms with E-state index in [1.165, 1.54) is 12.4 Å². The molecule has 0 unspecified atom stereocenters. The van der Waals surface area contributed by atoms with Crippen LogP contribution in [0.5, 0.6) is 17.2 Å². The summed E-state index contributed by atoms with van der Waals surface area (Å²) in [6.45, 7) is 0. The lowest BCUT2D eigenvalue weighted by Gasteiger charge is -2.39. The molecule has 0 saturated heterocycles. The summed E-state index contributed by atoms with van der Waals surface area (Å²) < 4.78 is 34.4. The lowest BCUT2D eigenvalue weighted by molar-refractivity contribution is 0.221. The summed E-state index contributed by atoms with van der Waals surface area (Å²) in [4.78, 5) is 4.38. The number of aromatic nitrogens is 3. The highest BCUT2D eigenvalue weighted by Crippen LogP contribution is 2.51. The number of fused-ring (bicyclic) bond motifs is 3. The van der Waals surface area contributed by atoms with Gasteiger partial charge in [-0.1, -0.05) is 36.4 Å². The second-order valence-corrected chi connectivity index (χ2v) is 8.02. The van der Waals surface area contributed by atoms with E-state index in [1.54, 1.807) is 31.0 Å². The van der Waals surface area contributed by atoms with Crippen LogP contribution in [0.25, 0.3) is 5.70 Å². The van der Waals surface area contributed by atoms with E-state index < -0.39 is 12.1 Å². The molecule has 0 saturated carbocycles. The molecule has 170 valence electrons. The maximum absolute atomic E-state index is 15.2. The lowest BCUT2D eigenvalue weighted by atomic mass is 9.84. The molecule has 1 aromatic heterocycles. The Morgan fingerprint density at radius 1 is 0.971 bits per heavy atom. The third kappa shape index (κ3) is 3.02. The van der Waals surface area contributed by atoms with Gasteiger partial charge in [-0.3, -0.25) is 0 Å². The minimum atomic E-state index is -0.568. The fourth-order valence-corrected chi connectivity index (χ4v) is 4.70.